The molecule has 1 aromatic carbocycles. The number of anilines is 2. The van der Waals surface area contributed by atoms with E-state index in [1.807, 2.05) is 43.4 Å². The van der Waals surface area contributed by atoms with E-state index in [4.69, 9.17) is 4.42 Å². The highest BCUT2D eigenvalue weighted by atomic mass is 16.3. The molecule has 6 nitrogen and oxygen atoms in total. The molecule has 0 amide bonds. The molecule has 0 aliphatic carbocycles. The van der Waals surface area contributed by atoms with E-state index in [0.29, 0.717) is 11.5 Å². The van der Waals surface area contributed by atoms with Crippen molar-refractivity contribution in [2.24, 2.45) is 0 Å². The Morgan fingerprint density at radius 3 is 2.62 bits per heavy atom. The zero-order valence-corrected chi connectivity index (χ0v) is 14.3. The summed E-state index contributed by atoms with van der Waals surface area (Å²) >= 11 is 0. The average Bonchev–Trinajstić information content (AvgIpc) is 3.03. The van der Waals surface area contributed by atoms with Gasteiger partial charge in [0.2, 0.25) is 5.95 Å². The van der Waals surface area contributed by atoms with Crippen molar-refractivity contribution in [1.29, 1.82) is 0 Å². The molecule has 3 aromatic rings. The molecule has 24 heavy (non-hydrogen) atoms. The van der Waals surface area contributed by atoms with Crippen LogP contribution in [0.25, 0.3) is 22.4 Å². The highest BCUT2D eigenvalue weighted by Crippen LogP contribution is 2.31. The van der Waals surface area contributed by atoms with Gasteiger partial charge in [-0.15, -0.1) is 0 Å². The Hall–Kier alpha value is -2.60. The quantitative estimate of drug-likeness (QED) is 0.650. The van der Waals surface area contributed by atoms with Gasteiger partial charge in [0.05, 0.1) is 0 Å². The molecule has 2 N–H and O–H groups in total. The summed E-state index contributed by atoms with van der Waals surface area (Å²) in [6.45, 7) is 1.85. The summed E-state index contributed by atoms with van der Waals surface area (Å²) in [4.78, 5) is 11.2. The van der Waals surface area contributed by atoms with Gasteiger partial charge >= 0.3 is 0 Å². The summed E-state index contributed by atoms with van der Waals surface area (Å²) in [7, 11) is 5.95. The van der Waals surface area contributed by atoms with Crippen LogP contribution in [0.1, 0.15) is 6.42 Å². The van der Waals surface area contributed by atoms with Crippen molar-refractivity contribution < 1.29 is 4.42 Å². The van der Waals surface area contributed by atoms with Crippen LogP contribution in [0.2, 0.25) is 0 Å². The third-order valence-corrected chi connectivity index (χ3v) is 3.73. The monoisotopic (exact) mass is 325 g/mol. The predicted octanol–water partition coefficient (Wildman–Crippen LogP) is 3.30. The van der Waals surface area contributed by atoms with Gasteiger partial charge in [-0.1, -0.05) is 30.3 Å². The van der Waals surface area contributed by atoms with Crippen LogP contribution in [0, 0.1) is 0 Å². The van der Waals surface area contributed by atoms with Gasteiger partial charge in [-0.05, 0) is 27.1 Å². The number of rotatable bonds is 7. The molecule has 126 valence electrons. The third-order valence-electron chi connectivity index (χ3n) is 3.73. The number of hydrogen-bond donors (Lipinski definition) is 2. The highest BCUT2D eigenvalue weighted by Gasteiger charge is 2.14. The minimum absolute atomic E-state index is 0.582. The second kappa shape index (κ2) is 7.31. The van der Waals surface area contributed by atoms with Crippen LogP contribution in [-0.2, 0) is 0 Å². The molecule has 0 radical (unpaired) electrons. The Morgan fingerprint density at radius 1 is 1.12 bits per heavy atom. The van der Waals surface area contributed by atoms with Crippen LogP contribution in [0.15, 0.2) is 40.8 Å². The molecule has 2 heterocycles. The van der Waals surface area contributed by atoms with Gasteiger partial charge < -0.3 is 20.0 Å². The number of benzene rings is 1. The topological polar surface area (TPSA) is 66.2 Å². The zero-order chi connectivity index (χ0) is 16.9. The Morgan fingerprint density at radius 2 is 1.92 bits per heavy atom. The van der Waals surface area contributed by atoms with Crippen molar-refractivity contribution in [2.45, 2.75) is 6.42 Å². The van der Waals surface area contributed by atoms with E-state index >= 15 is 0 Å². The van der Waals surface area contributed by atoms with Crippen molar-refractivity contribution in [3.8, 4) is 11.3 Å². The molecule has 2 aromatic heterocycles. The smallest absolute Gasteiger partial charge is 0.225 e. The molecule has 0 aliphatic rings. The van der Waals surface area contributed by atoms with Gasteiger partial charge in [-0.2, -0.15) is 4.98 Å². The summed E-state index contributed by atoms with van der Waals surface area (Å²) in [5, 5.41) is 6.38. The summed E-state index contributed by atoms with van der Waals surface area (Å²) in [5.41, 5.74) is 2.51. The van der Waals surface area contributed by atoms with Gasteiger partial charge in [-0.3, -0.25) is 0 Å². The molecule has 0 bridgehead atoms. The second-order valence-corrected chi connectivity index (χ2v) is 5.92. The Kier molecular flexibility index (Phi) is 4.96. The Labute approximate surface area is 141 Å². The number of hydrogen-bond acceptors (Lipinski definition) is 6. The van der Waals surface area contributed by atoms with E-state index in [-0.39, 0.29) is 0 Å². The first-order valence-corrected chi connectivity index (χ1v) is 8.10. The number of nitrogens with zero attached hydrogens (tertiary/aromatic N) is 3. The van der Waals surface area contributed by atoms with E-state index in [2.05, 4.69) is 39.6 Å². The van der Waals surface area contributed by atoms with Gasteiger partial charge in [-0.25, -0.2) is 4.98 Å². The van der Waals surface area contributed by atoms with Crippen molar-refractivity contribution in [1.82, 2.24) is 14.9 Å². The molecule has 6 heteroatoms. The number of aromatic nitrogens is 2. The molecule has 0 unspecified atom stereocenters. The molecule has 0 fully saturated rings. The first kappa shape index (κ1) is 16.3. The lowest BCUT2D eigenvalue weighted by molar-refractivity contribution is 0.405. The maximum Gasteiger partial charge on any atom is 0.225 e. The summed E-state index contributed by atoms with van der Waals surface area (Å²) in [5.74, 6) is 2.10. The van der Waals surface area contributed by atoms with Gasteiger partial charge in [0, 0.05) is 25.2 Å². The standard InChI is InChI=1S/C18H23N5O/c1-19-18-21-14-12-15(13-8-5-4-6-9-13)24-16(14)17(22-18)20-10-7-11-23(2)3/h4-6,8-9,12H,7,10-11H2,1-3H3,(H2,19,20,21,22). The molecule has 0 saturated carbocycles. The maximum atomic E-state index is 6.04. The van der Waals surface area contributed by atoms with Crippen molar-refractivity contribution in [3.05, 3.63) is 36.4 Å². The Balaban J connectivity index is 1.90. The fourth-order valence-corrected chi connectivity index (χ4v) is 2.51. The van der Waals surface area contributed by atoms with Crippen molar-refractivity contribution in [3.63, 3.8) is 0 Å². The van der Waals surface area contributed by atoms with Gasteiger partial charge in [0.15, 0.2) is 11.4 Å². The molecule has 0 aliphatic heterocycles. The molecule has 0 spiro atoms. The van der Waals surface area contributed by atoms with Gasteiger partial charge in [0.25, 0.3) is 0 Å². The molecule has 3 rings (SSSR count). The fraction of sp³-hybridized carbons (Fsp3) is 0.333. The van der Waals surface area contributed by atoms with Crippen LogP contribution >= 0.6 is 0 Å². The maximum absolute atomic E-state index is 6.04. The van der Waals surface area contributed by atoms with E-state index in [1.54, 1.807) is 0 Å². The highest BCUT2D eigenvalue weighted by molar-refractivity contribution is 5.88. The number of furan rings is 1. The Bertz CT molecular complexity index is 798. The van der Waals surface area contributed by atoms with Crippen LogP contribution in [0.4, 0.5) is 11.8 Å². The summed E-state index contributed by atoms with van der Waals surface area (Å²) in [6, 6.07) is 12.0. The molecule has 0 saturated heterocycles. The predicted molar refractivity (Wildman–Crippen MR) is 98.4 cm³/mol. The lowest BCUT2D eigenvalue weighted by Gasteiger charge is -2.10. The molecule has 0 atom stereocenters. The third kappa shape index (κ3) is 3.65. The number of fused-ring (bicyclic) bond motifs is 1. The van der Waals surface area contributed by atoms with Crippen molar-refractivity contribution in [2.75, 3.05) is 44.9 Å². The van der Waals surface area contributed by atoms with Crippen LogP contribution in [0.3, 0.4) is 0 Å². The first-order valence-electron chi connectivity index (χ1n) is 8.10. The van der Waals surface area contributed by atoms with E-state index in [9.17, 15) is 0 Å². The average molecular weight is 325 g/mol. The second-order valence-electron chi connectivity index (χ2n) is 5.92. The molecular weight excluding hydrogens is 302 g/mol. The SMILES string of the molecule is CNc1nc(NCCCN(C)C)c2oc(-c3ccccc3)cc2n1. The van der Waals surface area contributed by atoms with E-state index in [1.165, 1.54) is 0 Å². The summed E-state index contributed by atoms with van der Waals surface area (Å²) in [6.07, 6.45) is 1.03. The van der Waals surface area contributed by atoms with E-state index < -0.39 is 0 Å². The fourth-order valence-electron chi connectivity index (χ4n) is 2.51. The van der Waals surface area contributed by atoms with Crippen LogP contribution in [-0.4, -0.2) is 49.1 Å². The van der Waals surface area contributed by atoms with E-state index in [0.717, 1.165) is 42.2 Å². The number of nitrogens with one attached hydrogen (secondary N) is 2. The lowest BCUT2D eigenvalue weighted by atomic mass is 10.2. The minimum atomic E-state index is 0.582. The first-order chi connectivity index (χ1) is 11.7. The largest absolute Gasteiger partial charge is 0.450 e. The minimum Gasteiger partial charge on any atom is -0.450 e. The molecular formula is C18H23N5O. The van der Waals surface area contributed by atoms with Gasteiger partial charge in [0.1, 0.15) is 11.3 Å². The van der Waals surface area contributed by atoms with Crippen molar-refractivity contribution >= 4 is 22.9 Å². The lowest BCUT2D eigenvalue weighted by Crippen LogP contribution is -2.16. The van der Waals surface area contributed by atoms with Crippen LogP contribution < -0.4 is 10.6 Å². The van der Waals surface area contributed by atoms with Crippen LogP contribution in [0.5, 0.6) is 0 Å². The zero-order valence-electron chi connectivity index (χ0n) is 14.3. The normalized spacial score (nSPS) is 11.2. The summed E-state index contributed by atoms with van der Waals surface area (Å²) < 4.78 is 6.04.